The minimum atomic E-state index is -0.387. The molecule has 0 spiro atoms. The zero-order chi connectivity index (χ0) is 13.9. The Morgan fingerprint density at radius 2 is 1.95 bits per heavy atom. The lowest BCUT2D eigenvalue weighted by Gasteiger charge is -2.39. The number of rotatable bonds is 4. The van der Waals surface area contributed by atoms with E-state index >= 15 is 0 Å². The molecule has 19 heavy (non-hydrogen) atoms. The van der Waals surface area contributed by atoms with E-state index in [9.17, 15) is 4.79 Å². The number of nitrogens with zero attached hydrogens (tertiary/aromatic N) is 1. The Morgan fingerprint density at radius 3 is 2.53 bits per heavy atom. The number of aldehydes is 1. The average Bonchev–Trinajstić information content (AvgIpc) is 2.44. The van der Waals surface area contributed by atoms with Crippen molar-refractivity contribution in [2.24, 2.45) is 11.8 Å². The normalized spacial score (nSPS) is 27.7. The van der Waals surface area contributed by atoms with Gasteiger partial charge in [0.05, 0.1) is 5.41 Å². The highest BCUT2D eigenvalue weighted by Gasteiger charge is 2.31. The van der Waals surface area contributed by atoms with Crippen LogP contribution >= 0.6 is 0 Å². The van der Waals surface area contributed by atoms with Crippen molar-refractivity contribution in [2.45, 2.75) is 32.6 Å². The second-order valence-corrected chi connectivity index (χ2v) is 6.38. The van der Waals surface area contributed by atoms with E-state index in [0.717, 1.165) is 43.3 Å². The predicted octanol–water partition coefficient (Wildman–Crippen LogP) is 3.12. The van der Waals surface area contributed by atoms with Crippen molar-refractivity contribution in [1.82, 2.24) is 4.90 Å². The van der Waals surface area contributed by atoms with Gasteiger partial charge in [-0.05, 0) is 37.3 Å². The largest absolute Gasteiger partial charge is 0.302 e. The molecule has 1 aliphatic heterocycles. The van der Waals surface area contributed by atoms with Gasteiger partial charge in [-0.3, -0.25) is 0 Å². The third-order valence-electron chi connectivity index (χ3n) is 4.66. The molecule has 1 aromatic rings. The van der Waals surface area contributed by atoms with Crippen LogP contribution in [0.15, 0.2) is 30.3 Å². The highest BCUT2D eigenvalue weighted by molar-refractivity contribution is 5.68. The minimum Gasteiger partial charge on any atom is -0.302 e. The molecule has 0 N–H and O–H groups in total. The Labute approximate surface area is 116 Å². The SMILES string of the molecule is CC1CCN(CC(C)(C=O)c2ccccc2)CC1C. The van der Waals surface area contributed by atoms with E-state index in [1.54, 1.807) is 0 Å². The van der Waals surface area contributed by atoms with E-state index < -0.39 is 0 Å². The standard InChI is InChI=1S/C17H25NO/c1-14-9-10-18(11-15(14)2)12-17(3,13-19)16-7-5-4-6-8-16/h4-8,13-15H,9-12H2,1-3H3. The van der Waals surface area contributed by atoms with Crippen LogP contribution in [0.1, 0.15) is 32.8 Å². The van der Waals surface area contributed by atoms with E-state index in [0.29, 0.717) is 0 Å². The van der Waals surface area contributed by atoms with Crippen LogP contribution < -0.4 is 0 Å². The van der Waals surface area contributed by atoms with Crippen LogP contribution in [-0.2, 0) is 10.2 Å². The molecule has 2 heteroatoms. The Hall–Kier alpha value is -1.15. The third kappa shape index (κ3) is 3.24. The Kier molecular flexibility index (Phi) is 4.41. The van der Waals surface area contributed by atoms with Gasteiger partial charge < -0.3 is 9.69 Å². The van der Waals surface area contributed by atoms with Crippen molar-refractivity contribution in [2.75, 3.05) is 19.6 Å². The maximum atomic E-state index is 11.6. The lowest BCUT2D eigenvalue weighted by atomic mass is 9.81. The summed E-state index contributed by atoms with van der Waals surface area (Å²) in [7, 11) is 0. The molecule has 1 saturated heterocycles. The number of carbonyl (C=O) groups is 1. The summed E-state index contributed by atoms with van der Waals surface area (Å²) < 4.78 is 0. The fourth-order valence-corrected chi connectivity index (χ4v) is 2.97. The molecule has 0 bridgehead atoms. The van der Waals surface area contributed by atoms with Crippen molar-refractivity contribution in [3.05, 3.63) is 35.9 Å². The van der Waals surface area contributed by atoms with Gasteiger partial charge in [-0.15, -0.1) is 0 Å². The number of hydrogen-bond donors (Lipinski definition) is 0. The number of benzene rings is 1. The van der Waals surface area contributed by atoms with Crippen LogP contribution in [0, 0.1) is 11.8 Å². The molecule has 0 aliphatic carbocycles. The van der Waals surface area contributed by atoms with E-state index in [4.69, 9.17) is 0 Å². The van der Waals surface area contributed by atoms with Crippen LogP contribution in [0.3, 0.4) is 0 Å². The number of piperidine rings is 1. The predicted molar refractivity (Wildman–Crippen MR) is 79.2 cm³/mol. The third-order valence-corrected chi connectivity index (χ3v) is 4.66. The lowest BCUT2D eigenvalue weighted by Crippen LogP contribution is -2.46. The van der Waals surface area contributed by atoms with E-state index in [-0.39, 0.29) is 5.41 Å². The molecule has 1 heterocycles. The maximum absolute atomic E-state index is 11.6. The van der Waals surface area contributed by atoms with E-state index in [1.807, 2.05) is 18.2 Å². The van der Waals surface area contributed by atoms with Gasteiger partial charge in [-0.2, -0.15) is 0 Å². The van der Waals surface area contributed by atoms with Crippen LogP contribution in [0.5, 0.6) is 0 Å². The van der Waals surface area contributed by atoms with E-state index in [1.165, 1.54) is 6.42 Å². The maximum Gasteiger partial charge on any atom is 0.131 e. The molecule has 0 aromatic heterocycles. The molecular formula is C17H25NO. The van der Waals surface area contributed by atoms with Crippen LogP contribution in [0.25, 0.3) is 0 Å². The summed E-state index contributed by atoms with van der Waals surface area (Å²) in [6.45, 7) is 9.75. The van der Waals surface area contributed by atoms with Crippen LogP contribution in [0.4, 0.5) is 0 Å². The number of hydrogen-bond acceptors (Lipinski definition) is 2. The molecule has 0 amide bonds. The van der Waals surface area contributed by atoms with Gasteiger partial charge in [0, 0.05) is 13.1 Å². The highest BCUT2D eigenvalue weighted by atomic mass is 16.1. The topological polar surface area (TPSA) is 20.3 Å². The molecule has 1 aromatic carbocycles. The fraction of sp³-hybridized carbons (Fsp3) is 0.588. The first-order valence-electron chi connectivity index (χ1n) is 7.29. The van der Waals surface area contributed by atoms with Crippen molar-refractivity contribution in [1.29, 1.82) is 0 Å². The summed E-state index contributed by atoms with van der Waals surface area (Å²) >= 11 is 0. The fourth-order valence-electron chi connectivity index (χ4n) is 2.97. The summed E-state index contributed by atoms with van der Waals surface area (Å²) in [5.41, 5.74) is 0.734. The van der Waals surface area contributed by atoms with Crippen molar-refractivity contribution >= 4 is 6.29 Å². The first-order chi connectivity index (χ1) is 9.05. The molecule has 1 fully saturated rings. The summed E-state index contributed by atoms with van der Waals surface area (Å²) in [4.78, 5) is 14.1. The Bertz CT molecular complexity index is 417. The molecule has 1 aliphatic rings. The van der Waals surface area contributed by atoms with Gasteiger partial charge in [0.2, 0.25) is 0 Å². The van der Waals surface area contributed by atoms with Gasteiger partial charge in [0.1, 0.15) is 6.29 Å². The van der Waals surface area contributed by atoms with Gasteiger partial charge in [-0.1, -0.05) is 44.2 Å². The van der Waals surface area contributed by atoms with Gasteiger partial charge in [0.25, 0.3) is 0 Å². The van der Waals surface area contributed by atoms with Crippen LogP contribution in [-0.4, -0.2) is 30.8 Å². The number of carbonyl (C=O) groups excluding carboxylic acids is 1. The first kappa shape index (κ1) is 14.3. The zero-order valence-corrected chi connectivity index (χ0v) is 12.3. The Balaban J connectivity index is 2.09. The lowest BCUT2D eigenvalue weighted by molar-refractivity contribution is -0.113. The van der Waals surface area contributed by atoms with Crippen molar-refractivity contribution in [3.63, 3.8) is 0 Å². The van der Waals surface area contributed by atoms with E-state index in [2.05, 4.69) is 37.8 Å². The molecule has 104 valence electrons. The average molecular weight is 259 g/mol. The quantitative estimate of drug-likeness (QED) is 0.774. The molecule has 3 unspecified atom stereocenters. The number of likely N-dealkylation sites (tertiary alicyclic amines) is 1. The molecule has 2 nitrogen and oxygen atoms in total. The second-order valence-electron chi connectivity index (χ2n) is 6.38. The van der Waals surface area contributed by atoms with Crippen LogP contribution in [0.2, 0.25) is 0 Å². The molecule has 3 atom stereocenters. The second kappa shape index (κ2) is 5.87. The van der Waals surface area contributed by atoms with Crippen molar-refractivity contribution < 1.29 is 4.79 Å². The summed E-state index contributed by atoms with van der Waals surface area (Å²) in [6.07, 6.45) is 2.36. The monoisotopic (exact) mass is 259 g/mol. The highest BCUT2D eigenvalue weighted by Crippen LogP contribution is 2.27. The summed E-state index contributed by atoms with van der Waals surface area (Å²) in [5, 5.41) is 0. The molecule has 0 saturated carbocycles. The Morgan fingerprint density at radius 1 is 1.26 bits per heavy atom. The minimum absolute atomic E-state index is 0.387. The zero-order valence-electron chi connectivity index (χ0n) is 12.3. The van der Waals surface area contributed by atoms with Gasteiger partial charge in [-0.25, -0.2) is 0 Å². The molecule has 0 radical (unpaired) electrons. The smallest absolute Gasteiger partial charge is 0.131 e. The van der Waals surface area contributed by atoms with Crippen molar-refractivity contribution in [3.8, 4) is 0 Å². The molecular weight excluding hydrogens is 234 g/mol. The van der Waals surface area contributed by atoms with Gasteiger partial charge >= 0.3 is 0 Å². The molecule has 2 rings (SSSR count). The first-order valence-corrected chi connectivity index (χ1v) is 7.29. The summed E-state index contributed by atoms with van der Waals surface area (Å²) in [5.74, 6) is 1.52. The van der Waals surface area contributed by atoms with Gasteiger partial charge in [0.15, 0.2) is 0 Å². The summed E-state index contributed by atoms with van der Waals surface area (Å²) in [6, 6.07) is 10.1.